The Morgan fingerprint density at radius 3 is 2.58 bits per heavy atom. The SMILES string of the molecule is O=C(Cc1ccncc1)NCC1(CO)CCCCC1. The number of aliphatic hydroxyl groups excluding tert-OH is 1. The number of carbonyl (C=O) groups excluding carboxylic acids is 1. The van der Waals surface area contributed by atoms with Crippen LogP contribution in [0.3, 0.4) is 0 Å². The quantitative estimate of drug-likeness (QED) is 0.848. The van der Waals surface area contributed by atoms with Crippen LogP contribution in [0.25, 0.3) is 0 Å². The molecule has 0 saturated heterocycles. The highest BCUT2D eigenvalue weighted by Crippen LogP contribution is 2.35. The van der Waals surface area contributed by atoms with Crippen LogP contribution in [0.2, 0.25) is 0 Å². The van der Waals surface area contributed by atoms with Crippen LogP contribution < -0.4 is 5.32 Å². The van der Waals surface area contributed by atoms with Gasteiger partial charge in [0.05, 0.1) is 13.0 Å². The van der Waals surface area contributed by atoms with Crippen LogP contribution in [-0.2, 0) is 11.2 Å². The minimum absolute atomic E-state index is 0.0181. The van der Waals surface area contributed by atoms with E-state index in [4.69, 9.17) is 0 Å². The lowest BCUT2D eigenvalue weighted by atomic mass is 9.74. The molecule has 19 heavy (non-hydrogen) atoms. The second kappa shape index (κ2) is 6.66. The molecule has 4 nitrogen and oxygen atoms in total. The predicted molar refractivity (Wildman–Crippen MR) is 73.6 cm³/mol. The van der Waals surface area contributed by atoms with Gasteiger partial charge in [-0.2, -0.15) is 0 Å². The molecule has 1 amide bonds. The summed E-state index contributed by atoms with van der Waals surface area (Å²) in [6.45, 7) is 0.760. The summed E-state index contributed by atoms with van der Waals surface area (Å²) in [5.74, 6) is 0.0181. The summed E-state index contributed by atoms with van der Waals surface area (Å²) in [5.41, 5.74) is 0.876. The highest BCUT2D eigenvalue weighted by atomic mass is 16.3. The van der Waals surface area contributed by atoms with Crippen molar-refractivity contribution in [1.82, 2.24) is 10.3 Å². The summed E-state index contributed by atoms with van der Waals surface area (Å²) in [5, 5.41) is 12.6. The van der Waals surface area contributed by atoms with Gasteiger partial charge in [-0.3, -0.25) is 9.78 Å². The topological polar surface area (TPSA) is 62.2 Å². The molecule has 0 unspecified atom stereocenters. The van der Waals surface area contributed by atoms with Crippen molar-refractivity contribution >= 4 is 5.91 Å². The second-order valence-corrected chi connectivity index (χ2v) is 5.53. The fourth-order valence-electron chi connectivity index (χ4n) is 2.73. The van der Waals surface area contributed by atoms with E-state index in [1.807, 2.05) is 12.1 Å². The number of aliphatic hydroxyl groups is 1. The molecule has 2 N–H and O–H groups in total. The van der Waals surface area contributed by atoms with E-state index in [1.54, 1.807) is 12.4 Å². The van der Waals surface area contributed by atoms with Crippen LogP contribution in [0, 0.1) is 5.41 Å². The Kier molecular flexibility index (Phi) is 4.91. The molecule has 1 saturated carbocycles. The molecule has 0 radical (unpaired) electrons. The van der Waals surface area contributed by atoms with Gasteiger partial charge in [0.25, 0.3) is 0 Å². The molecule has 104 valence electrons. The first-order valence-electron chi connectivity index (χ1n) is 7.01. The molecule has 0 aliphatic heterocycles. The van der Waals surface area contributed by atoms with E-state index < -0.39 is 0 Å². The van der Waals surface area contributed by atoms with Crippen molar-refractivity contribution in [3.63, 3.8) is 0 Å². The fraction of sp³-hybridized carbons (Fsp3) is 0.600. The van der Waals surface area contributed by atoms with E-state index in [2.05, 4.69) is 10.3 Å². The molecule has 0 atom stereocenters. The first kappa shape index (κ1) is 14.0. The Morgan fingerprint density at radius 2 is 1.95 bits per heavy atom. The molecule has 4 heteroatoms. The second-order valence-electron chi connectivity index (χ2n) is 5.53. The average molecular weight is 262 g/mol. The van der Waals surface area contributed by atoms with Crippen LogP contribution in [0.15, 0.2) is 24.5 Å². The monoisotopic (exact) mass is 262 g/mol. The van der Waals surface area contributed by atoms with E-state index in [9.17, 15) is 9.90 Å². The minimum Gasteiger partial charge on any atom is -0.396 e. The third-order valence-corrected chi connectivity index (χ3v) is 4.02. The molecule has 1 aromatic rings. The van der Waals surface area contributed by atoms with Gasteiger partial charge in [0.1, 0.15) is 0 Å². The third kappa shape index (κ3) is 4.03. The van der Waals surface area contributed by atoms with E-state index in [0.29, 0.717) is 13.0 Å². The first-order chi connectivity index (χ1) is 9.24. The summed E-state index contributed by atoms with van der Waals surface area (Å²) in [4.78, 5) is 15.8. The Bertz CT molecular complexity index is 400. The Balaban J connectivity index is 1.82. The zero-order valence-electron chi connectivity index (χ0n) is 11.3. The van der Waals surface area contributed by atoms with Crippen LogP contribution in [0.4, 0.5) is 0 Å². The number of hydrogen-bond donors (Lipinski definition) is 2. The fourth-order valence-corrected chi connectivity index (χ4v) is 2.73. The maximum Gasteiger partial charge on any atom is 0.224 e. The maximum atomic E-state index is 11.9. The molecule has 0 aromatic carbocycles. The van der Waals surface area contributed by atoms with Crippen molar-refractivity contribution in [2.75, 3.05) is 13.2 Å². The number of pyridine rings is 1. The molecule has 1 fully saturated rings. The average Bonchev–Trinajstić information content (AvgIpc) is 2.47. The van der Waals surface area contributed by atoms with Crippen LogP contribution >= 0.6 is 0 Å². The van der Waals surface area contributed by atoms with E-state index >= 15 is 0 Å². The summed E-state index contributed by atoms with van der Waals surface area (Å²) in [6, 6.07) is 3.70. The zero-order chi connectivity index (χ0) is 13.6. The lowest BCUT2D eigenvalue weighted by Crippen LogP contribution is -2.41. The lowest BCUT2D eigenvalue weighted by molar-refractivity contribution is -0.121. The van der Waals surface area contributed by atoms with Gasteiger partial charge >= 0.3 is 0 Å². The number of rotatable bonds is 5. The number of hydrogen-bond acceptors (Lipinski definition) is 3. The number of amides is 1. The predicted octanol–water partition coefficient (Wildman–Crippen LogP) is 1.68. The van der Waals surface area contributed by atoms with Gasteiger partial charge in [0, 0.05) is 24.4 Å². The van der Waals surface area contributed by atoms with Crippen LogP contribution in [0.5, 0.6) is 0 Å². The van der Waals surface area contributed by atoms with Gasteiger partial charge < -0.3 is 10.4 Å². The molecule has 1 aliphatic carbocycles. The Morgan fingerprint density at radius 1 is 1.26 bits per heavy atom. The van der Waals surface area contributed by atoms with E-state index in [-0.39, 0.29) is 17.9 Å². The molecule has 2 rings (SSSR count). The Labute approximate surface area is 114 Å². The lowest BCUT2D eigenvalue weighted by Gasteiger charge is -2.35. The summed E-state index contributed by atoms with van der Waals surface area (Å²) in [6.07, 6.45) is 9.34. The standard InChI is InChI=1S/C15H22N2O2/c18-12-15(6-2-1-3-7-15)11-17-14(19)10-13-4-8-16-9-5-13/h4-5,8-9,18H,1-3,6-7,10-12H2,(H,17,19). The third-order valence-electron chi connectivity index (χ3n) is 4.02. The summed E-state index contributed by atoms with van der Waals surface area (Å²) < 4.78 is 0. The maximum absolute atomic E-state index is 11.9. The van der Waals surface area contributed by atoms with Crippen molar-refractivity contribution < 1.29 is 9.90 Å². The summed E-state index contributed by atoms with van der Waals surface area (Å²) in [7, 11) is 0. The molecule has 1 aromatic heterocycles. The highest BCUT2D eigenvalue weighted by Gasteiger charge is 2.31. The largest absolute Gasteiger partial charge is 0.396 e. The van der Waals surface area contributed by atoms with Gasteiger partial charge in [-0.15, -0.1) is 0 Å². The van der Waals surface area contributed by atoms with Crippen LogP contribution in [0.1, 0.15) is 37.7 Å². The molecule has 0 spiro atoms. The molecule has 1 heterocycles. The summed E-state index contributed by atoms with van der Waals surface area (Å²) >= 11 is 0. The van der Waals surface area contributed by atoms with E-state index in [0.717, 1.165) is 31.2 Å². The zero-order valence-corrected chi connectivity index (χ0v) is 11.3. The normalized spacial score (nSPS) is 17.9. The van der Waals surface area contributed by atoms with Gasteiger partial charge in [-0.1, -0.05) is 19.3 Å². The van der Waals surface area contributed by atoms with Crippen molar-refractivity contribution in [3.05, 3.63) is 30.1 Å². The van der Waals surface area contributed by atoms with Gasteiger partial charge in [-0.25, -0.2) is 0 Å². The smallest absolute Gasteiger partial charge is 0.224 e. The minimum atomic E-state index is -0.0911. The van der Waals surface area contributed by atoms with Gasteiger partial charge in [0.2, 0.25) is 5.91 Å². The Hall–Kier alpha value is -1.42. The van der Waals surface area contributed by atoms with Crippen molar-refractivity contribution in [3.8, 4) is 0 Å². The van der Waals surface area contributed by atoms with Gasteiger partial charge in [-0.05, 0) is 30.5 Å². The molecule has 0 bridgehead atoms. The van der Waals surface area contributed by atoms with Crippen molar-refractivity contribution in [2.45, 2.75) is 38.5 Å². The first-order valence-corrected chi connectivity index (χ1v) is 7.01. The number of nitrogens with zero attached hydrogens (tertiary/aromatic N) is 1. The number of nitrogens with one attached hydrogen (secondary N) is 1. The molecule has 1 aliphatic rings. The van der Waals surface area contributed by atoms with Gasteiger partial charge in [0.15, 0.2) is 0 Å². The number of carbonyl (C=O) groups is 1. The molecular formula is C15H22N2O2. The van der Waals surface area contributed by atoms with E-state index in [1.165, 1.54) is 6.42 Å². The highest BCUT2D eigenvalue weighted by molar-refractivity contribution is 5.78. The molecular weight excluding hydrogens is 240 g/mol. The van der Waals surface area contributed by atoms with Crippen molar-refractivity contribution in [2.24, 2.45) is 5.41 Å². The van der Waals surface area contributed by atoms with Crippen molar-refractivity contribution in [1.29, 1.82) is 0 Å². The van der Waals surface area contributed by atoms with Crippen LogP contribution in [-0.4, -0.2) is 29.1 Å². The number of aromatic nitrogens is 1.